The van der Waals surface area contributed by atoms with Gasteiger partial charge in [0.05, 0.1) is 22.5 Å². The summed E-state index contributed by atoms with van der Waals surface area (Å²) in [6.45, 7) is 0. The first-order chi connectivity index (χ1) is 14.4. The second kappa shape index (κ2) is 7.90. The molecule has 0 unspecified atom stereocenters. The number of rotatable bonds is 5. The molecule has 152 valence electrons. The number of thiophene rings is 2. The average molecular weight is 462 g/mol. The van der Waals surface area contributed by atoms with E-state index in [-0.39, 0.29) is 22.2 Å². The fourth-order valence-corrected chi connectivity index (χ4v) is 4.86. The summed E-state index contributed by atoms with van der Waals surface area (Å²) in [4.78, 5) is 31.7. The molecular formula is C19H12ClN3O5S2. The van der Waals surface area contributed by atoms with Crippen molar-refractivity contribution < 1.29 is 14.8 Å². The molecule has 3 aromatic heterocycles. The average Bonchev–Trinajstić information content (AvgIpc) is 3.38. The predicted molar refractivity (Wildman–Crippen MR) is 119 cm³/mol. The number of aromatic hydroxyl groups is 1. The van der Waals surface area contributed by atoms with Gasteiger partial charge in [0, 0.05) is 21.9 Å². The highest BCUT2D eigenvalue weighted by atomic mass is 35.5. The molecule has 1 aromatic carbocycles. The van der Waals surface area contributed by atoms with Crippen molar-refractivity contribution in [2.75, 3.05) is 7.11 Å². The molecule has 4 aromatic rings. The summed E-state index contributed by atoms with van der Waals surface area (Å²) in [6, 6.07) is 6.38. The van der Waals surface area contributed by atoms with Gasteiger partial charge < -0.3 is 14.8 Å². The lowest BCUT2D eigenvalue weighted by molar-refractivity contribution is -0.386. The normalized spacial score (nSPS) is 11.7. The standard InChI is InChI=1S/C19H12ClN3O5S2/c1-28-13-7-9(6-12(16(13)24)23(26)27)5-11(20)17-21-18(25)15-10(8-30-19(15)22-17)14-3-2-4-29-14/h2-8,24H,1H3,(H,21,22,25)/b11-5-. The van der Waals surface area contributed by atoms with Crippen LogP contribution in [0.15, 0.2) is 39.8 Å². The van der Waals surface area contributed by atoms with Gasteiger partial charge >= 0.3 is 5.69 Å². The van der Waals surface area contributed by atoms with Gasteiger partial charge in [0.25, 0.3) is 5.56 Å². The van der Waals surface area contributed by atoms with Crippen LogP contribution in [0.3, 0.4) is 0 Å². The molecule has 0 saturated heterocycles. The number of ether oxygens (including phenoxy) is 1. The maximum Gasteiger partial charge on any atom is 0.315 e. The summed E-state index contributed by atoms with van der Waals surface area (Å²) >= 11 is 9.20. The van der Waals surface area contributed by atoms with Gasteiger partial charge in [-0.3, -0.25) is 14.9 Å². The van der Waals surface area contributed by atoms with Crippen LogP contribution in [0.1, 0.15) is 11.4 Å². The van der Waals surface area contributed by atoms with Crippen molar-refractivity contribution in [2.45, 2.75) is 0 Å². The molecule has 4 rings (SSSR count). The number of benzene rings is 1. The van der Waals surface area contributed by atoms with Gasteiger partial charge in [0.15, 0.2) is 11.6 Å². The Morgan fingerprint density at radius 1 is 1.40 bits per heavy atom. The topological polar surface area (TPSA) is 118 Å². The van der Waals surface area contributed by atoms with Crippen molar-refractivity contribution in [1.82, 2.24) is 9.97 Å². The lowest BCUT2D eigenvalue weighted by Gasteiger charge is -2.06. The second-order valence-electron chi connectivity index (χ2n) is 6.06. The lowest BCUT2D eigenvalue weighted by Crippen LogP contribution is -2.10. The Morgan fingerprint density at radius 3 is 2.87 bits per heavy atom. The zero-order chi connectivity index (χ0) is 21.4. The van der Waals surface area contributed by atoms with E-state index in [1.807, 2.05) is 22.9 Å². The van der Waals surface area contributed by atoms with E-state index in [9.17, 15) is 20.0 Å². The zero-order valence-electron chi connectivity index (χ0n) is 15.2. The van der Waals surface area contributed by atoms with Crippen LogP contribution < -0.4 is 10.3 Å². The molecule has 2 N–H and O–H groups in total. The number of halogens is 1. The Bertz CT molecular complexity index is 1360. The van der Waals surface area contributed by atoms with Crippen LogP contribution in [0.2, 0.25) is 0 Å². The Labute approximate surface area is 181 Å². The molecule has 0 aliphatic heterocycles. The van der Waals surface area contributed by atoms with Crippen molar-refractivity contribution in [3.05, 3.63) is 66.9 Å². The third kappa shape index (κ3) is 3.56. The number of nitrogens with zero attached hydrogens (tertiary/aromatic N) is 2. The van der Waals surface area contributed by atoms with Crippen molar-refractivity contribution in [3.8, 4) is 21.9 Å². The van der Waals surface area contributed by atoms with E-state index in [1.54, 1.807) is 0 Å². The van der Waals surface area contributed by atoms with Crippen LogP contribution >= 0.6 is 34.3 Å². The Morgan fingerprint density at radius 2 is 2.20 bits per heavy atom. The minimum atomic E-state index is -0.729. The molecule has 0 radical (unpaired) electrons. The maximum atomic E-state index is 12.7. The number of fused-ring (bicyclic) bond motifs is 1. The number of hydrogen-bond acceptors (Lipinski definition) is 8. The van der Waals surface area contributed by atoms with E-state index in [0.717, 1.165) is 16.5 Å². The molecule has 0 saturated carbocycles. The van der Waals surface area contributed by atoms with E-state index in [0.29, 0.717) is 15.8 Å². The van der Waals surface area contributed by atoms with Crippen LogP contribution in [0.25, 0.3) is 31.8 Å². The molecule has 0 bridgehead atoms. The minimum absolute atomic E-state index is 0.0714. The second-order valence-corrected chi connectivity index (χ2v) is 8.27. The van der Waals surface area contributed by atoms with E-state index < -0.39 is 16.4 Å². The highest BCUT2D eigenvalue weighted by Crippen LogP contribution is 2.38. The van der Waals surface area contributed by atoms with Gasteiger partial charge in [-0.05, 0) is 29.2 Å². The number of nitro groups is 1. The van der Waals surface area contributed by atoms with Crippen LogP contribution in [-0.2, 0) is 0 Å². The fraction of sp³-hybridized carbons (Fsp3) is 0.0526. The molecule has 11 heteroatoms. The van der Waals surface area contributed by atoms with Gasteiger partial charge in [0.1, 0.15) is 4.83 Å². The lowest BCUT2D eigenvalue weighted by atomic mass is 10.1. The molecule has 0 aliphatic rings. The number of methoxy groups -OCH3 is 1. The Hall–Kier alpha value is -3.21. The van der Waals surface area contributed by atoms with Gasteiger partial charge in [-0.1, -0.05) is 17.7 Å². The summed E-state index contributed by atoms with van der Waals surface area (Å²) in [7, 11) is 1.28. The number of nitro benzene ring substituents is 1. The first-order valence-corrected chi connectivity index (χ1v) is 10.5. The Balaban J connectivity index is 1.80. The van der Waals surface area contributed by atoms with Crippen molar-refractivity contribution in [1.29, 1.82) is 0 Å². The largest absolute Gasteiger partial charge is 0.500 e. The van der Waals surface area contributed by atoms with Crippen LogP contribution in [-0.4, -0.2) is 27.1 Å². The molecule has 0 amide bonds. The van der Waals surface area contributed by atoms with E-state index in [4.69, 9.17) is 16.3 Å². The van der Waals surface area contributed by atoms with Crippen LogP contribution in [0.5, 0.6) is 11.5 Å². The number of nitrogens with one attached hydrogen (secondary N) is 1. The number of aromatic amines is 1. The molecule has 0 atom stereocenters. The van der Waals surface area contributed by atoms with E-state index >= 15 is 0 Å². The fourth-order valence-electron chi connectivity index (χ4n) is 2.88. The monoisotopic (exact) mass is 461 g/mol. The molecule has 8 nitrogen and oxygen atoms in total. The summed E-state index contributed by atoms with van der Waals surface area (Å²) in [5, 5.41) is 25.4. The van der Waals surface area contributed by atoms with Crippen molar-refractivity contribution in [2.24, 2.45) is 0 Å². The number of phenols is 1. The van der Waals surface area contributed by atoms with Gasteiger partial charge in [-0.25, -0.2) is 4.98 Å². The smallest absolute Gasteiger partial charge is 0.315 e. The predicted octanol–water partition coefficient (Wildman–Crippen LogP) is 5.07. The zero-order valence-corrected chi connectivity index (χ0v) is 17.6. The van der Waals surface area contributed by atoms with Crippen molar-refractivity contribution >= 4 is 61.3 Å². The first-order valence-electron chi connectivity index (χ1n) is 8.37. The Kier molecular flexibility index (Phi) is 5.29. The summed E-state index contributed by atoms with van der Waals surface area (Å²) in [5.74, 6) is -0.525. The van der Waals surface area contributed by atoms with E-state index in [2.05, 4.69) is 9.97 Å². The molecular weight excluding hydrogens is 450 g/mol. The first kappa shape index (κ1) is 20.1. The molecule has 0 fully saturated rings. The quantitative estimate of drug-likeness (QED) is 0.316. The summed E-state index contributed by atoms with van der Waals surface area (Å²) in [5.41, 5.74) is 0.250. The van der Waals surface area contributed by atoms with Gasteiger partial charge in [-0.15, -0.1) is 22.7 Å². The SMILES string of the molecule is COc1cc(/C=C(\Cl)c2nc3scc(-c4cccs4)c3c(=O)[nH]2)cc([N+](=O)[O-])c1O. The number of phenolic OH excluding ortho intramolecular Hbond substituents is 1. The highest BCUT2D eigenvalue weighted by Gasteiger charge is 2.20. The summed E-state index contributed by atoms with van der Waals surface area (Å²) < 4.78 is 4.98. The third-order valence-corrected chi connectivity index (χ3v) is 6.31. The number of H-pyrrole nitrogens is 1. The summed E-state index contributed by atoms with van der Waals surface area (Å²) in [6.07, 6.45) is 1.40. The number of hydrogen-bond donors (Lipinski definition) is 2. The van der Waals surface area contributed by atoms with Gasteiger partial charge in [0.2, 0.25) is 5.75 Å². The molecule has 0 spiro atoms. The minimum Gasteiger partial charge on any atom is -0.500 e. The number of aromatic nitrogens is 2. The van der Waals surface area contributed by atoms with Crippen molar-refractivity contribution in [3.63, 3.8) is 0 Å². The molecule has 30 heavy (non-hydrogen) atoms. The van der Waals surface area contributed by atoms with Crippen LogP contribution in [0, 0.1) is 10.1 Å². The molecule has 3 heterocycles. The highest BCUT2D eigenvalue weighted by molar-refractivity contribution is 7.18. The molecule has 0 aliphatic carbocycles. The maximum absolute atomic E-state index is 12.7. The third-order valence-electron chi connectivity index (χ3n) is 4.24. The van der Waals surface area contributed by atoms with Gasteiger partial charge in [-0.2, -0.15) is 0 Å². The van der Waals surface area contributed by atoms with Crippen LogP contribution in [0.4, 0.5) is 5.69 Å². The van der Waals surface area contributed by atoms with E-state index in [1.165, 1.54) is 41.9 Å².